The molecule has 1 aromatic rings. The van der Waals surface area contributed by atoms with Gasteiger partial charge in [0.05, 0.1) is 17.8 Å². The minimum absolute atomic E-state index is 0.167. The van der Waals surface area contributed by atoms with E-state index in [4.69, 9.17) is 5.11 Å². The fraction of sp³-hybridized carbons (Fsp3) is 0.462. The van der Waals surface area contributed by atoms with Crippen LogP contribution in [0.25, 0.3) is 0 Å². The summed E-state index contributed by atoms with van der Waals surface area (Å²) in [6.07, 6.45) is 3.45. The van der Waals surface area contributed by atoms with Crippen LogP contribution in [0.5, 0.6) is 0 Å². The van der Waals surface area contributed by atoms with Crippen LogP contribution in [0.1, 0.15) is 35.8 Å². The second-order valence-corrected chi connectivity index (χ2v) is 4.94. The summed E-state index contributed by atoms with van der Waals surface area (Å²) in [4.78, 5) is 26.4. The van der Waals surface area contributed by atoms with Crippen molar-refractivity contribution >= 4 is 12.0 Å². The molecular formula is C13H17N3O3. The van der Waals surface area contributed by atoms with Crippen LogP contribution in [-0.4, -0.2) is 28.1 Å². The monoisotopic (exact) mass is 263 g/mol. The van der Waals surface area contributed by atoms with Crippen LogP contribution < -0.4 is 10.6 Å². The summed E-state index contributed by atoms with van der Waals surface area (Å²) in [6, 6.07) is 2.89. The molecule has 0 aliphatic heterocycles. The average molecular weight is 263 g/mol. The number of pyridine rings is 1. The smallest absolute Gasteiger partial charge is 0.335 e. The predicted octanol–water partition coefficient (Wildman–Crippen LogP) is 1.38. The minimum Gasteiger partial charge on any atom is -0.478 e. The summed E-state index contributed by atoms with van der Waals surface area (Å²) in [5, 5.41) is 14.4. The van der Waals surface area contributed by atoms with Gasteiger partial charge in [-0.2, -0.15) is 0 Å². The molecule has 0 bridgehead atoms. The number of aromatic nitrogens is 1. The van der Waals surface area contributed by atoms with Crippen molar-refractivity contribution in [3.63, 3.8) is 0 Å². The summed E-state index contributed by atoms with van der Waals surface area (Å²) in [6.45, 7) is 2.37. The highest BCUT2D eigenvalue weighted by atomic mass is 16.4. The zero-order valence-electron chi connectivity index (χ0n) is 10.7. The standard InChI is InChI=1S/C13H17N3O3/c1-8-4-10(5-8)16-13(19)15-7-11-6-9(12(17)18)2-3-14-11/h2-3,6,8,10H,4-5,7H2,1H3,(H,17,18)(H2,15,16,19). The van der Waals surface area contributed by atoms with Crippen molar-refractivity contribution in [1.29, 1.82) is 0 Å². The molecule has 0 unspecified atom stereocenters. The highest BCUT2D eigenvalue weighted by molar-refractivity contribution is 5.87. The fourth-order valence-corrected chi connectivity index (χ4v) is 2.14. The number of carbonyl (C=O) groups is 2. The summed E-state index contributed by atoms with van der Waals surface area (Å²) < 4.78 is 0. The normalized spacial score (nSPS) is 21.3. The second-order valence-electron chi connectivity index (χ2n) is 4.94. The topological polar surface area (TPSA) is 91.3 Å². The number of aromatic carboxylic acids is 1. The maximum absolute atomic E-state index is 11.6. The SMILES string of the molecule is CC1CC(NC(=O)NCc2cc(C(=O)O)ccn2)C1. The first-order valence-electron chi connectivity index (χ1n) is 6.27. The molecule has 19 heavy (non-hydrogen) atoms. The highest BCUT2D eigenvalue weighted by Crippen LogP contribution is 2.25. The lowest BCUT2D eigenvalue weighted by Crippen LogP contribution is -2.47. The van der Waals surface area contributed by atoms with Crippen molar-refractivity contribution in [3.05, 3.63) is 29.6 Å². The molecule has 3 N–H and O–H groups in total. The Morgan fingerprint density at radius 3 is 2.84 bits per heavy atom. The van der Waals surface area contributed by atoms with Gasteiger partial charge in [0, 0.05) is 12.2 Å². The van der Waals surface area contributed by atoms with E-state index in [1.165, 1.54) is 18.3 Å². The van der Waals surface area contributed by atoms with Gasteiger partial charge in [0.1, 0.15) is 0 Å². The van der Waals surface area contributed by atoms with Crippen molar-refractivity contribution in [2.45, 2.75) is 32.4 Å². The van der Waals surface area contributed by atoms with Gasteiger partial charge < -0.3 is 15.7 Å². The lowest BCUT2D eigenvalue weighted by atomic mass is 9.82. The number of hydrogen-bond donors (Lipinski definition) is 3. The van der Waals surface area contributed by atoms with E-state index in [9.17, 15) is 9.59 Å². The largest absolute Gasteiger partial charge is 0.478 e. The van der Waals surface area contributed by atoms with E-state index in [0.717, 1.165) is 12.8 Å². The minimum atomic E-state index is -1.00. The number of amides is 2. The third-order valence-electron chi connectivity index (χ3n) is 3.20. The van der Waals surface area contributed by atoms with Gasteiger partial charge in [-0.1, -0.05) is 6.92 Å². The number of hydrogen-bond acceptors (Lipinski definition) is 3. The molecule has 1 aliphatic carbocycles. The molecule has 102 valence electrons. The molecule has 2 amide bonds. The Bertz CT molecular complexity index is 484. The van der Waals surface area contributed by atoms with Gasteiger partial charge in [-0.25, -0.2) is 9.59 Å². The van der Waals surface area contributed by atoms with E-state index >= 15 is 0 Å². The number of carboxylic acid groups (broad SMARTS) is 1. The van der Waals surface area contributed by atoms with Crippen LogP contribution in [-0.2, 0) is 6.54 Å². The van der Waals surface area contributed by atoms with E-state index in [1.807, 2.05) is 0 Å². The number of nitrogens with one attached hydrogen (secondary N) is 2. The molecule has 1 aliphatic rings. The lowest BCUT2D eigenvalue weighted by Gasteiger charge is -2.33. The van der Waals surface area contributed by atoms with Gasteiger partial charge in [-0.3, -0.25) is 4.98 Å². The summed E-state index contributed by atoms with van der Waals surface area (Å²) in [5.41, 5.74) is 0.692. The summed E-state index contributed by atoms with van der Waals surface area (Å²) >= 11 is 0. The molecule has 0 radical (unpaired) electrons. The Morgan fingerprint density at radius 1 is 1.47 bits per heavy atom. The summed E-state index contributed by atoms with van der Waals surface area (Å²) in [5.74, 6) is -0.323. The lowest BCUT2D eigenvalue weighted by molar-refractivity contribution is 0.0696. The molecule has 0 aromatic carbocycles. The third-order valence-corrected chi connectivity index (χ3v) is 3.20. The van der Waals surface area contributed by atoms with Crippen LogP contribution in [0.4, 0.5) is 4.79 Å². The number of nitrogens with zero attached hydrogens (tertiary/aromatic N) is 1. The first-order chi connectivity index (χ1) is 9.04. The van der Waals surface area contributed by atoms with E-state index in [0.29, 0.717) is 11.6 Å². The molecule has 6 nitrogen and oxygen atoms in total. The Hall–Kier alpha value is -2.11. The van der Waals surface area contributed by atoms with Crippen LogP contribution in [0, 0.1) is 5.92 Å². The molecule has 6 heteroatoms. The van der Waals surface area contributed by atoms with Gasteiger partial charge >= 0.3 is 12.0 Å². The second kappa shape index (κ2) is 5.69. The van der Waals surface area contributed by atoms with Crippen LogP contribution >= 0.6 is 0 Å². The third kappa shape index (κ3) is 3.67. The Kier molecular flexibility index (Phi) is 3.99. The van der Waals surface area contributed by atoms with Gasteiger partial charge in [0.2, 0.25) is 0 Å². The maximum Gasteiger partial charge on any atom is 0.335 e. The number of carbonyl (C=O) groups excluding carboxylic acids is 1. The maximum atomic E-state index is 11.6. The van der Waals surface area contributed by atoms with E-state index < -0.39 is 5.97 Å². The molecule has 1 aromatic heterocycles. The quantitative estimate of drug-likeness (QED) is 0.765. The van der Waals surface area contributed by atoms with E-state index in [1.54, 1.807) is 0 Å². The fourth-order valence-electron chi connectivity index (χ4n) is 2.14. The van der Waals surface area contributed by atoms with Crippen LogP contribution in [0.2, 0.25) is 0 Å². The Labute approximate surface area is 111 Å². The Balaban J connectivity index is 1.80. The molecule has 0 saturated heterocycles. The van der Waals surface area contributed by atoms with E-state index in [2.05, 4.69) is 22.5 Å². The van der Waals surface area contributed by atoms with Gasteiger partial charge in [-0.05, 0) is 30.9 Å². The summed E-state index contributed by atoms with van der Waals surface area (Å²) in [7, 11) is 0. The molecule has 1 saturated carbocycles. The van der Waals surface area contributed by atoms with Crippen LogP contribution in [0.3, 0.4) is 0 Å². The molecule has 2 rings (SSSR count). The van der Waals surface area contributed by atoms with Crippen LogP contribution in [0.15, 0.2) is 18.3 Å². The predicted molar refractivity (Wildman–Crippen MR) is 68.8 cm³/mol. The number of carboxylic acids is 1. The van der Waals surface area contributed by atoms with Crippen molar-refractivity contribution in [3.8, 4) is 0 Å². The van der Waals surface area contributed by atoms with Crippen molar-refractivity contribution in [1.82, 2.24) is 15.6 Å². The molecule has 0 spiro atoms. The molecule has 0 atom stereocenters. The first-order valence-corrected chi connectivity index (χ1v) is 6.27. The average Bonchev–Trinajstić information content (AvgIpc) is 2.35. The zero-order chi connectivity index (χ0) is 13.8. The first kappa shape index (κ1) is 13.3. The van der Waals surface area contributed by atoms with Gasteiger partial charge in [0.25, 0.3) is 0 Å². The van der Waals surface area contributed by atoms with Gasteiger partial charge in [-0.15, -0.1) is 0 Å². The van der Waals surface area contributed by atoms with Gasteiger partial charge in [0.15, 0.2) is 0 Å². The van der Waals surface area contributed by atoms with Crippen molar-refractivity contribution in [2.75, 3.05) is 0 Å². The molecule has 1 heterocycles. The highest BCUT2D eigenvalue weighted by Gasteiger charge is 2.26. The van der Waals surface area contributed by atoms with Crippen molar-refractivity contribution < 1.29 is 14.7 Å². The molecule has 1 fully saturated rings. The van der Waals surface area contributed by atoms with Crippen molar-refractivity contribution in [2.24, 2.45) is 5.92 Å². The zero-order valence-corrected chi connectivity index (χ0v) is 10.7. The molecular weight excluding hydrogens is 246 g/mol. The Morgan fingerprint density at radius 2 is 2.21 bits per heavy atom. The number of urea groups is 1. The van der Waals surface area contributed by atoms with E-state index in [-0.39, 0.29) is 24.2 Å². The number of rotatable bonds is 4.